The minimum Gasteiger partial charge on any atom is -0.462 e. The summed E-state index contributed by atoms with van der Waals surface area (Å²) in [5.74, 6) is 0.420. The van der Waals surface area contributed by atoms with Gasteiger partial charge in [0.1, 0.15) is 12.2 Å². The Morgan fingerprint density at radius 3 is 2.39 bits per heavy atom. The monoisotopic (exact) mass is 540 g/mol. The number of nitrogens with one attached hydrogen (secondary N) is 1. The maximum atomic E-state index is 12.1. The second-order valence-electron chi connectivity index (χ2n) is 12.1. The van der Waals surface area contributed by atoms with Crippen molar-refractivity contribution >= 4 is 11.9 Å². The Labute approximate surface area is 228 Å². The highest BCUT2D eigenvalue weighted by molar-refractivity contribution is 5.66. The third-order valence-electron chi connectivity index (χ3n) is 9.19. The number of hydrogen-bond acceptors (Lipinski definition) is 9. The molecule has 2 aliphatic carbocycles. The van der Waals surface area contributed by atoms with E-state index in [0.717, 1.165) is 64.3 Å². The molecule has 10 atom stereocenters. The van der Waals surface area contributed by atoms with Crippen LogP contribution in [0.2, 0.25) is 0 Å². The number of carbonyl (C=O) groups is 2. The summed E-state index contributed by atoms with van der Waals surface area (Å²) in [6.07, 6.45) is 8.74. The first-order valence-corrected chi connectivity index (χ1v) is 14.9. The minimum atomic E-state index is -0.490. The van der Waals surface area contributed by atoms with Gasteiger partial charge in [0.05, 0.1) is 24.5 Å². The number of hydrogen-bond donors (Lipinski definition) is 4. The van der Waals surface area contributed by atoms with Crippen molar-refractivity contribution in [2.45, 2.75) is 134 Å². The maximum Gasteiger partial charge on any atom is 0.302 e. The van der Waals surface area contributed by atoms with Crippen molar-refractivity contribution in [3.05, 3.63) is 0 Å². The number of ether oxygens (including phenoxy) is 3. The van der Waals surface area contributed by atoms with Crippen LogP contribution in [0.3, 0.4) is 0 Å². The third kappa shape index (κ3) is 9.73. The van der Waals surface area contributed by atoms with Crippen molar-refractivity contribution in [1.82, 2.24) is 5.32 Å². The van der Waals surface area contributed by atoms with Gasteiger partial charge in [-0.05, 0) is 88.0 Å². The summed E-state index contributed by atoms with van der Waals surface area (Å²) < 4.78 is 17.2. The summed E-state index contributed by atoms with van der Waals surface area (Å²) in [5.41, 5.74) is 6.22. The van der Waals surface area contributed by atoms with Gasteiger partial charge in [-0.1, -0.05) is 19.3 Å². The third-order valence-corrected chi connectivity index (χ3v) is 9.19. The summed E-state index contributed by atoms with van der Waals surface area (Å²) in [4.78, 5) is 24.1. The van der Waals surface area contributed by atoms with Gasteiger partial charge in [0.15, 0.2) is 0 Å². The number of nitrogens with two attached hydrogens (primary N) is 1. The first kappa shape index (κ1) is 31.3. The van der Waals surface area contributed by atoms with Crippen molar-refractivity contribution in [3.63, 3.8) is 0 Å². The van der Waals surface area contributed by atoms with Crippen LogP contribution in [0.4, 0.5) is 0 Å². The van der Waals surface area contributed by atoms with Gasteiger partial charge in [-0.2, -0.15) is 0 Å². The average molecular weight is 541 g/mol. The van der Waals surface area contributed by atoms with E-state index in [1.54, 1.807) is 7.11 Å². The van der Waals surface area contributed by atoms with Gasteiger partial charge in [0, 0.05) is 27.4 Å². The molecule has 10 unspecified atom stereocenters. The van der Waals surface area contributed by atoms with Gasteiger partial charge in [-0.15, -0.1) is 0 Å². The van der Waals surface area contributed by atoms with Crippen LogP contribution >= 0.6 is 0 Å². The summed E-state index contributed by atoms with van der Waals surface area (Å²) in [6, 6.07) is 0. The lowest BCUT2D eigenvalue weighted by molar-refractivity contribution is -0.157. The molecule has 3 rings (SSSR count). The molecule has 0 aromatic heterocycles. The SMILES string of the molecule is COC1CC(CCC(CC(OC(C)=O)C2CCCCCC(O)C2)OC(C)=O)C(C2CCNC(N)C2)CC1O. The molecule has 1 saturated heterocycles. The number of aliphatic hydroxyl groups excluding tert-OH is 2. The zero-order valence-corrected chi connectivity index (χ0v) is 23.7. The zero-order valence-electron chi connectivity index (χ0n) is 23.7. The number of methoxy groups -OCH3 is 1. The molecule has 0 spiro atoms. The molecule has 9 heteroatoms. The van der Waals surface area contributed by atoms with Gasteiger partial charge in [0.25, 0.3) is 0 Å². The molecule has 3 aliphatic rings. The van der Waals surface area contributed by atoms with E-state index in [1.165, 1.54) is 13.8 Å². The summed E-state index contributed by atoms with van der Waals surface area (Å²) in [7, 11) is 1.65. The number of aliphatic hydroxyl groups is 2. The molecule has 220 valence electrons. The molecule has 5 N–H and O–H groups in total. The van der Waals surface area contributed by atoms with E-state index in [0.29, 0.717) is 43.4 Å². The molecule has 0 bridgehead atoms. The Balaban J connectivity index is 1.72. The minimum absolute atomic E-state index is 0.0240. The van der Waals surface area contributed by atoms with Gasteiger partial charge in [-0.3, -0.25) is 9.59 Å². The number of piperidine rings is 1. The molecule has 0 radical (unpaired) electrons. The van der Waals surface area contributed by atoms with Crippen molar-refractivity contribution in [1.29, 1.82) is 0 Å². The Morgan fingerprint density at radius 2 is 1.71 bits per heavy atom. The van der Waals surface area contributed by atoms with Gasteiger partial charge in [0.2, 0.25) is 0 Å². The number of carbonyl (C=O) groups excluding carboxylic acids is 2. The lowest BCUT2D eigenvalue weighted by Crippen LogP contribution is -2.49. The maximum absolute atomic E-state index is 12.1. The van der Waals surface area contributed by atoms with E-state index in [1.807, 2.05) is 0 Å². The average Bonchev–Trinajstić information content (AvgIpc) is 2.84. The van der Waals surface area contributed by atoms with E-state index in [-0.39, 0.29) is 36.2 Å². The molecule has 1 aliphatic heterocycles. The summed E-state index contributed by atoms with van der Waals surface area (Å²) in [6.45, 7) is 3.72. The number of rotatable bonds is 10. The molecule has 38 heavy (non-hydrogen) atoms. The molecule has 3 fully saturated rings. The zero-order chi connectivity index (χ0) is 27.7. The topological polar surface area (TPSA) is 140 Å². The lowest BCUT2D eigenvalue weighted by Gasteiger charge is -2.45. The highest BCUT2D eigenvalue weighted by atomic mass is 16.6. The van der Waals surface area contributed by atoms with E-state index >= 15 is 0 Å². The fourth-order valence-corrected chi connectivity index (χ4v) is 7.34. The predicted octanol–water partition coefficient (Wildman–Crippen LogP) is 3.04. The molecular weight excluding hydrogens is 488 g/mol. The Morgan fingerprint density at radius 1 is 0.974 bits per heavy atom. The quantitative estimate of drug-likeness (QED) is 0.308. The Kier molecular flexibility index (Phi) is 12.8. The molecule has 2 saturated carbocycles. The highest BCUT2D eigenvalue weighted by Gasteiger charge is 2.41. The van der Waals surface area contributed by atoms with Crippen molar-refractivity contribution < 1.29 is 34.0 Å². The van der Waals surface area contributed by atoms with Crippen LogP contribution in [0, 0.1) is 23.7 Å². The van der Waals surface area contributed by atoms with Crippen LogP contribution in [0.5, 0.6) is 0 Å². The second kappa shape index (κ2) is 15.5. The summed E-state index contributed by atoms with van der Waals surface area (Å²) in [5, 5.41) is 24.6. The van der Waals surface area contributed by atoms with Gasteiger partial charge in [-0.25, -0.2) is 0 Å². The molecular formula is C29H52N2O7. The van der Waals surface area contributed by atoms with E-state index in [4.69, 9.17) is 19.9 Å². The molecule has 0 aromatic rings. The Hall–Kier alpha value is -1.26. The normalized spacial score (nSPS) is 36.4. The first-order valence-electron chi connectivity index (χ1n) is 14.9. The van der Waals surface area contributed by atoms with Crippen molar-refractivity contribution in [2.24, 2.45) is 29.4 Å². The smallest absolute Gasteiger partial charge is 0.302 e. The highest BCUT2D eigenvalue weighted by Crippen LogP contribution is 2.43. The molecule has 0 amide bonds. The predicted molar refractivity (Wildman–Crippen MR) is 144 cm³/mol. The standard InChI is InChI=1S/C29H52N2O7/c1-18(32)37-24(16-27(38-19(2)33)22-7-5-4-6-8-23(34)13-22)10-9-20-14-28(36-3)26(35)17-25(20)21-11-12-31-29(30)15-21/h20-29,31,34-35H,4-17,30H2,1-3H3. The van der Waals surface area contributed by atoms with Gasteiger partial charge < -0.3 is 35.5 Å². The Bertz CT molecular complexity index is 738. The van der Waals surface area contributed by atoms with Crippen LogP contribution in [-0.4, -0.2) is 72.5 Å². The lowest BCUT2D eigenvalue weighted by atomic mass is 9.66. The molecule has 9 nitrogen and oxygen atoms in total. The molecule has 0 aromatic carbocycles. The van der Waals surface area contributed by atoms with Crippen molar-refractivity contribution in [2.75, 3.05) is 13.7 Å². The van der Waals surface area contributed by atoms with Crippen LogP contribution < -0.4 is 11.1 Å². The van der Waals surface area contributed by atoms with Crippen LogP contribution in [0.15, 0.2) is 0 Å². The summed E-state index contributed by atoms with van der Waals surface area (Å²) >= 11 is 0. The van der Waals surface area contributed by atoms with Crippen LogP contribution in [0.25, 0.3) is 0 Å². The molecule has 1 heterocycles. The van der Waals surface area contributed by atoms with Crippen molar-refractivity contribution in [3.8, 4) is 0 Å². The van der Waals surface area contributed by atoms with E-state index in [9.17, 15) is 19.8 Å². The van der Waals surface area contributed by atoms with E-state index in [2.05, 4.69) is 5.32 Å². The van der Waals surface area contributed by atoms with Gasteiger partial charge >= 0.3 is 11.9 Å². The fourth-order valence-electron chi connectivity index (χ4n) is 7.34. The largest absolute Gasteiger partial charge is 0.462 e. The first-order chi connectivity index (χ1) is 18.2. The fraction of sp³-hybridized carbons (Fsp3) is 0.931. The second-order valence-corrected chi connectivity index (χ2v) is 12.1. The number of esters is 2. The van der Waals surface area contributed by atoms with Crippen LogP contribution in [-0.2, 0) is 23.8 Å². The van der Waals surface area contributed by atoms with E-state index < -0.39 is 18.3 Å². The van der Waals surface area contributed by atoms with Crippen LogP contribution in [0.1, 0.15) is 97.3 Å².